The second-order valence-electron chi connectivity index (χ2n) is 11.6. The van der Waals surface area contributed by atoms with Gasteiger partial charge < -0.3 is 24.4 Å². The maximum atomic E-state index is 13.9. The van der Waals surface area contributed by atoms with Crippen molar-refractivity contribution in [1.82, 2.24) is 5.32 Å². The molecular weight excluding hydrogens is 586 g/mol. The molecular formula is C30H36F2N2O8S. The molecule has 2 aromatic carbocycles. The van der Waals surface area contributed by atoms with Crippen LogP contribution in [0.15, 0.2) is 47.4 Å². The van der Waals surface area contributed by atoms with E-state index in [-0.39, 0.29) is 40.6 Å². The van der Waals surface area contributed by atoms with Crippen molar-refractivity contribution in [2.45, 2.75) is 76.1 Å². The number of nitrogens with zero attached hydrogens (tertiary/aromatic N) is 1. The highest BCUT2D eigenvalue weighted by Crippen LogP contribution is 2.34. The van der Waals surface area contributed by atoms with Crippen molar-refractivity contribution in [3.8, 4) is 5.75 Å². The van der Waals surface area contributed by atoms with E-state index in [1.807, 2.05) is 0 Å². The van der Waals surface area contributed by atoms with E-state index in [2.05, 4.69) is 10.1 Å². The lowest BCUT2D eigenvalue weighted by atomic mass is 9.92. The minimum Gasteiger partial charge on any atom is -0.444 e. The van der Waals surface area contributed by atoms with Gasteiger partial charge in [0.15, 0.2) is 15.6 Å². The summed E-state index contributed by atoms with van der Waals surface area (Å²) >= 11 is 0. The molecule has 0 radical (unpaired) electrons. The fourth-order valence-corrected chi connectivity index (χ4v) is 6.65. The van der Waals surface area contributed by atoms with Crippen LogP contribution in [-0.4, -0.2) is 63.4 Å². The molecule has 2 aliphatic heterocycles. The standard InChI is InChI=1S/C30H36F2N2O8S/c1-30(2,3)42-29(37)33-23-18-43(38,39)26-11-7-21(25(35)10-6-19-12-14-40-15-13-19)16-24(26)34(27(23)36)17-20-4-8-22(9-5-20)41-28(31)32/h4-5,7-9,11,16,19,23,28H,6,10,12-15,17-18H2,1-3H3,(H,33,37)/t23-/m0/s1. The Bertz CT molecular complexity index is 1440. The quantitative estimate of drug-likeness (QED) is 0.392. The summed E-state index contributed by atoms with van der Waals surface area (Å²) in [5.41, 5.74) is -0.199. The molecule has 13 heteroatoms. The van der Waals surface area contributed by atoms with Crippen molar-refractivity contribution < 1.29 is 45.8 Å². The van der Waals surface area contributed by atoms with Gasteiger partial charge in [-0.15, -0.1) is 0 Å². The monoisotopic (exact) mass is 622 g/mol. The number of rotatable bonds is 9. The number of ether oxygens (including phenoxy) is 3. The third-order valence-corrected chi connectivity index (χ3v) is 8.95. The van der Waals surface area contributed by atoms with Gasteiger partial charge in [-0.25, -0.2) is 13.2 Å². The Labute approximate surface area is 249 Å². The predicted octanol–water partition coefficient (Wildman–Crippen LogP) is 4.89. The van der Waals surface area contributed by atoms with Gasteiger partial charge in [0.25, 0.3) is 5.91 Å². The van der Waals surface area contributed by atoms with E-state index in [0.717, 1.165) is 12.8 Å². The summed E-state index contributed by atoms with van der Waals surface area (Å²) in [7, 11) is -4.13. The predicted molar refractivity (Wildman–Crippen MR) is 153 cm³/mol. The van der Waals surface area contributed by atoms with Crippen molar-refractivity contribution >= 4 is 33.3 Å². The Hall–Kier alpha value is -3.58. The first kappa shape index (κ1) is 32.3. The Kier molecular flexibility index (Phi) is 10.1. The van der Waals surface area contributed by atoms with Crippen LogP contribution >= 0.6 is 0 Å². The minimum atomic E-state index is -4.13. The first-order valence-corrected chi connectivity index (χ1v) is 15.7. The van der Waals surface area contributed by atoms with Crippen molar-refractivity contribution in [2.75, 3.05) is 23.9 Å². The summed E-state index contributed by atoms with van der Waals surface area (Å²) in [5, 5.41) is 2.38. The number of alkyl carbamates (subject to hydrolysis) is 1. The first-order chi connectivity index (χ1) is 20.2. The number of Topliss-reactive ketones (excluding diaryl/α,β-unsaturated/α-hetero) is 1. The number of amides is 2. The molecule has 0 saturated carbocycles. The van der Waals surface area contributed by atoms with Gasteiger partial charge in [0.1, 0.15) is 17.4 Å². The van der Waals surface area contributed by atoms with Crippen LogP contribution in [0.5, 0.6) is 5.75 Å². The molecule has 43 heavy (non-hydrogen) atoms. The summed E-state index contributed by atoms with van der Waals surface area (Å²) < 4.78 is 67.3. The minimum absolute atomic E-state index is 0.0108. The van der Waals surface area contributed by atoms with Crippen LogP contribution in [0.2, 0.25) is 0 Å². The molecule has 1 saturated heterocycles. The number of carbonyl (C=O) groups is 3. The molecule has 10 nitrogen and oxygen atoms in total. The number of sulfone groups is 1. The van der Waals surface area contributed by atoms with Gasteiger partial charge in [0.05, 0.1) is 22.9 Å². The Balaban J connectivity index is 1.68. The highest BCUT2D eigenvalue weighted by Gasteiger charge is 2.39. The SMILES string of the molecule is CC(C)(C)OC(=O)N[C@H]1CS(=O)(=O)c2ccc(C(=O)CCC3CCOCC3)cc2N(Cc2ccc(OC(F)F)cc2)C1=O. The highest BCUT2D eigenvalue weighted by atomic mass is 32.2. The molecule has 1 atom stereocenters. The molecule has 2 aliphatic rings. The third-order valence-electron chi connectivity index (χ3n) is 7.16. The average Bonchev–Trinajstić information content (AvgIpc) is 3.00. The van der Waals surface area contributed by atoms with Gasteiger partial charge in [-0.2, -0.15) is 8.78 Å². The normalized spacial score (nSPS) is 19.0. The number of carbonyl (C=O) groups excluding carboxylic acids is 3. The molecule has 0 aromatic heterocycles. The van der Waals surface area contributed by atoms with Crippen LogP contribution in [0, 0.1) is 5.92 Å². The summed E-state index contributed by atoms with van der Waals surface area (Å²) in [4.78, 5) is 40.7. The number of benzene rings is 2. The number of hydrogen-bond donors (Lipinski definition) is 1. The molecule has 0 spiro atoms. The van der Waals surface area contributed by atoms with Crippen molar-refractivity contribution in [3.63, 3.8) is 0 Å². The Morgan fingerprint density at radius 2 is 1.77 bits per heavy atom. The molecule has 4 rings (SSSR count). The van der Waals surface area contributed by atoms with Gasteiger partial charge in [-0.1, -0.05) is 12.1 Å². The highest BCUT2D eigenvalue weighted by molar-refractivity contribution is 7.91. The smallest absolute Gasteiger partial charge is 0.408 e. The maximum Gasteiger partial charge on any atom is 0.408 e. The maximum absolute atomic E-state index is 13.9. The van der Waals surface area contributed by atoms with E-state index in [4.69, 9.17) is 9.47 Å². The van der Waals surface area contributed by atoms with Crippen molar-refractivity contribution in [1.29, 1.82) is 0 Å². The number of halogens is 2. The summed E-state index contributed by atoms with van der Waals surface area (Å²) in [6.07, 6.45) is 1.67. The molecule has 0 aliphatic carbocycles. The number of hydrogen-bond acceptors (Lipinski definition) is 8. The van der Waals surface area contributed by atoms with E-state index in [9.17, 15) is 31.6 Å². The van der Waals surface area contributed by atoms with Crippen molar-refractivity contribution in [3.05, 3.63) is 53.6 Å². The van der Waals surface area contributed by atoms with E-state index >= 15 is 0 Å². The van der Waals surface area contributed by atoms with Gasteiger partial charge in [0, 0.05) is 25.2 Å². The second-order valence-corrected chi connectivity index (χ2v) is 13.6. The lowest BCUT2D eigenvalue weighted by Crippen LogP contribution is -2.51. The van der Waals surface area contributed by atoms with Crippen LogP contribution in [-0.2, 0) is 30.7 Å². The van der Waals surface area contributed by atoms with E-state index < -0.39 is 45.8 Å². The molecule has 1 N–H and O–H groups in total. The molecule has 0 bridgehead atoms. The Morgan fingerprint density at radius 1 is 1.09 bits per heavy atom. The zero-order valence-electron chi connectivity index (χ0n) is 24.3. The molecule has 2 amide bonds. The Morgan fingerprint density at radius 3 is 2.40 bits per heavy atom. The largest absolute Gasteiger partial charge is 0.444 e. The summed E-state index contributed by atoms with van der Waals surface area (Å²) in [5.74, 6) is -1.40. The van der Waals surface area contributed by atoms with Gasteiger partial charge in [-0.3, -0.25) is 9.59 Å². The molecule has 2 heterocycles. The van der Waals surface area contributed by atoms with Gasteiger partial charge in [-0.05, 0) is 81.8 Å². The molecule has 2 aromatic rings. The van der Waals surface area contributed by atoms with E-state index in [1.165, 1.54) is 47.4 Å². The second kappa shape index (κ2) is 13.4. The van der Waals surface area contributed by atoms with Crippen molar-refractivity contribution in [2.24, 2.45) is 5.92 Å². The number of nitrogens with one attached hydrogen (secondary N) is 1. The number of fused-ring (bicyclic) bond motifs is 1. The number of ketones is 1. The van der Waals surface area contributed by atoms with Crippen LogP contribution in [0.3, 0.4) is 0 Å². The van der Waals surface area contributed by atoms with Crippen LogP contribution in [0.25, 0.3) is 0 Å². The lowest BCUT2D eigenvalue weighted by molar-refractivity contribution is -0.120. The fourth-order valence-electron chi connectivity index (χ4n) is 5.04. The number of alkyl halides is 2. The fraction of sp³-hybridized carbons (Fsp3) is 0.500. The van der Waals surface area contributed by atoms with Crippen LogP contribution < -0.4 is 15.0 Å². The summed E-state index contributed by atoms with van der Waals surface area (Å²) in [6, 6.07) is 8.16. The van der Waals surface area contributed by atoms with E-state index in [1.54, 1.807) is 20.8 Å². The number of anilines is 1. The third kappa shape index (κ3) is 8.73. The zero-order valence-corrected chi connectivity index (χ0v) is 25.1. The van der Waals surface area contributed by atoms with Gasteiger partial charge >= 0.3 is 12.7 Å². The molecule has 1 fully saturated rings. The van der Waals surface area contributed by atoms with Crippen LogP contribution in [0.4, 0.5) is 19.3 Å². The first-order valence-electron chi connectivity index (χ1n) is 14.0. The zero-order chi connectivity index (χ0) is 31.4. The molecule has 234 valence electrons. The average molecular weight is 623 g/mol. The topological polar surface area (TPSA) is 128 Å². The van der Waals surface area contributed by atoms with E-state index in [0.29, 0.717) is 31.1 Å². The van der Waals surface area contributed by atoms with Gasteiger partial charge in [0.2, 0.25) is 0 Å². The van der Waals surface area contributed by atoms with Crippen LogP contribution in [0.1, 0.15) is 62.4 Å². The summed E-state index contributed by atoms with van der Waals surface area (Å²) in [6.45, 7) is 2.99. The lowest BCUT2D eigenvalue weighted by Gasteiger charge is -2.27. The molecule has 0 unspecified atom stereocenters.